The maximum Gasteiger partial charge on any atom is 0.335 e. The van der Waals surface area contributed by atoms with Gasteiger partial charge in [-0.3, -0.25) is 18.8 Å². The normalized spacial score (nSPS) is 18.1. The van der Waals surface area contributed by atoms with Gasteiger partial charge in [-0.15, -0.1) is 0 Å². The predicted molar refractivity (Wildman–Crippen MR) is 171 cm³/mol. The third-order valence-corrected chi connectivity index (χ3v) is 8.58. The first kappa shape index (κ1) is 30.1. The lowest BCUT2D eigenvalue weighted by Gasteiger charge is -2.39. The van der Waals surface area contributed by atoms with E-state index in [1.165, 1.54) is 10.9 Å². The van der Waals surface area contributed by atoms with Gasteiger partial charge in [0.15, 0.2) is 11.5 Å². The summed E-state index contributed by atoms with van der Waals surface area (Å²) in [6.07, 6.45) is 4.45. The Morgan fingerprint density at radius 1 is 1.07 bits per heavy atom. The highest BCUT2D eigenvalue weighted by atomic mass is 16.5. The van der Waals surface area contributed by atoms with Crippen LogP contribution < -0.4 is 21.5 Å². The van der Waals surface area contributed by atoms with Crippen LogP contribution in [0.4, 0.5) is 5.82 Å². The number of aromatic nitrogens is 4. The Bertz CT molecular complexity index is 1810. The molecule has 2 aromatic carbocycles. The summed E-state index contributed by atoms with van der Waals surface area (Å²) in [7, 11) is 0. The van der Waals surface area contributed by atoms with E-state index < -0.39 is 5.54 Å². The number of carbonyl (C=O) groups excluding carboxylic acids is 1. The van der Waals surface area contributed by atoms with Crippen molar-refractivity contribution in [3.05, 3.63) is 83.1 Å². The van der Waals surface area contributed by atoms with E-state index in [4.69, 9.17) is 10.5 Å². The zero-order valence-electron chi connectivity index (χ0n) is 25.5. The van der Waals surface area contributed by atoms with Crippen molar-refractivity contribution >= 4 is 22.9 Å². The van der Waals surface area contributed by atoms with Crippen LogP contribution in [-0.4, -0.2) is 79.6 Å². The van der Waals surface area contributed by atoms with E-state index in [1.54, 1.807) is 39.8 Å². The van der Waals surface area contributed by atoms with Crippen molar-refractivity contribution in [3.8, 4) is 23.3 Å². The number of piperazine rings is 1. The molecule has 45 heavy (non-hydrogen) atoms. The summed E-state index contributed by atoms with van der Waals surface area (Å²) >= 11 is 0. The Labute approximate surface area is 261 Å². The van der Waals surface area contributed by atoms with Crippen LogP contribution in [0.3, 0.4) is 0 Å². The largest absolute Gasteiger partial charge is 0.457 e. The molecule has 0 unspecified atom stereocenters. The van der Waals surface area contributed by atoms with Crippen molar-refractivity contribution in [2.45, 2.75) is 38.3 Å². The number of amides is 1. The van der Waals surface area contributed by atoms with Gasteiger partial charge >= 0.3 is 5.69 Å². The number of fused-ring (bicyclic) bond motifs is 1. The molecule has 0 aliphatic carbocycles. The summed E-state index contributed by atoms with van der Waals surface area (Å²) in [5, 5.41) is 13.4. The molecular weight excluding hydrogens is 570 g/mol. The minimum atomic E-state index is -0.460. The summed E-state index contributed by atoms with van der Waals surface area (Å²) in [6.45, 7) is 8.22. The highest BCUT2D eigenvalue weighted by molar-refractivity contribution is 5.97. The first-order chi connectivity index (χ1) is 21.8. The van der Waals surface area contributed by atoms with Crippen LogP contribution in [0.2, 0.25) is 0 Å². The molecule has 4 heterocycles. The SMILES string of the molecule is CC(C)(C=C(C#N)C(=O)N1CCC[C@H](n2c(=O)n(-c3ccc(Oc4ccccc4)cc3)c3c(N)ncnc32)C1)N1CCNCC1. The van der Waals surface area contributed by atoms with Crippen molar-refractivity contribution in [2.24, 2.45) is 0 Å². The van der Waals surface area contributed by atoms with Gasteiger partial charge in [0, 0.05) is 44.8 Å². The average molecular weight is 608 g/mol. The number of hydrogen-bond donors (Lipinski definition) is 2. The Morgan fingerprint density at radius 3 is 2.49 bits per heavy atom. The second kappa shape index (κ2) is 12.6. The predicted octanol–water partition coefficient (Wildman–Crippen LogP) is 3.25. The Balaban J connectivity index is 1.30. The van der Waals surface area contributed by atoms with Crippen LogP contribution >= 0.6 is 0 Å². The number of hydrogen-bond acceptors (Lipinski definition) is 9. The number of nitrogens with two attached hydrogens (primary N) is 1. The van der Waals surface area contributed by atoms with Crippen molar-refractivity contribution in [1.29, 1.82) is 5.26 Å². The lowest BCUT2D eigenvalue weighted by molar-refractivity contribution is -0.128. The van der Waals surface area contributed by atoms with E-state index in [0.29, 0.717) is 47.7 Å². The topological polar surface area (TPSA) is 147 Å². The molecular formula is C33H37N9O3. The molecule has 4 aromatic rings. The second-order valence-electron chi connectivity index (χ2n) is 11.9. The van der Waals surface area contributed by atoms with E-state index in [0.717, 1.165) is 26.2 Å². The Hall–Kier alpha value is -4.99. The number of nitrogens with one attached hydrogen (secondary N) is 1. The molecule has 2 fully saturated rings. The first-order valence-electron chi connectivity index (χ1n) is 15.2. The minimum Gasteiger partial charge on any atom is -0.457 e. The van der Waals surface area contributed by atoms with Gasteiger partial charge < -0.3 is 20.7 Å². The van der Waals surface area contributed by atoms with E-state index in [1.807, 2.05) is 44.2 Å². The molecule has 12 heteroatoms. The van der Waals surface area contributed by atoms with Gasteiger partial charge in [-0.2, -0.15) is 5.26 Å². The zero-order valence-corrected chi connectivity index (χ0v) is 25.5. The molecule has 6 rings (SSSR count). The quantitative estimate of drug-likeness (QED) is 0.239. The van der Waals surface area contributed by atoms with Crippen LogP contribution in [0.1, 0.15) is 32.7 Å². The number of para-hydroxylation sites is 1. The van der Waals surface area contributed by atoms with Gasteiger partial charge in [-0.1, -0.05) is 18.2 Å². The summed E-state index contributed by atoms with van der Waals surface area (Å²) in [6, 6.07) is 18.4. The third-order valence-electron chi connectivity index (χ3n) is 8.58. The summed E-state index contributed by atoms with van der Waals surface area (Å²) in [5.74, 6) is 1.17. The Kier molecular flexibility index (Phi) is 8.38. The number of anilines is 1. The number of nitrogen functional groups attached to an aromatic ring is 1. The number of nitrogens with zero attached hydrogens (tertiary/aromatic N) is 7. The molecule has 2 aromatic heterocycles. The fraction of sp³-hybridized carbons (Fsp3) is 0.364. The van der Waals surface area contributed by atoms with E-state index in [9.17, 15) is 14.9 Å². The molecule has 232 valence electrons. The van der Waals surface area contributed by atoms with Gasteiger partial charge in [0.25, 0.3) is 5.91 Å². The van der Waals surface area contributed by atoms with Crippen LogP contribution in [0, 0.1) is 11.3 Å². The number of benzene rings is 2. The molecule has 1 atom stereocenters. The Morgan fingerprint density at radius 2 is 1.78 bits per heavy atom. The first-order valence-corrected chi connectivity index (χ1v) is 15.2. The number of imidazole rings is 1. The molecule has 3 N–H and O–H groups in total. The van der Waals surface area contributed by atoms with Crippen molar-refractivity contribution in [1.82, 2.24) is 34.2 Å². The van der Waals surface area contributed by atoms with E-state index >= 15 is 0 Å². The van der Waals surface area contributed by atoms with Crippen molar-refractivity contribution in [3.63, 3.8) is 0 Å². The molecule has 0 bridgehead atoms. The lowest BCUT2D eigenvalue weighted by Crippen LogP contribution is -2.53. The van der Waals surface area contributed by atoms with Crippen LogP contribution in [-0.2, 0) is 4.79 Å². The van der Waals surface area contributed by atoms with Gasteiger partial charge in [-0.25, -0.2) is 14.8 Å². The lowest BCUT2D eigenvalue weighted by atomic mass is 9.97. The molecule has 12 nitrogen and oxygen atoms in total. The van der Waals surface area contributed by atoms with Gasteiger partial charge in [0.05, 0.1) is 11.7 Å². The van der Waals surface area contributed by atoms with Gasteiger partial charge in [0.2, 0.25) is 0 Å². The molecule has 1 amide bonds. The van der Waals surface area contributed by atoms with E-state index in [-0.39, 0.29) is 35.6 Å². The average Bonchev–Trinajstić information content (AvgIpc) is 3.37. The number of nitriles is 1. The third kappa shape index (κ3) is 6.05. The fourth-order valence-corrected chi connectivity index (χ4v) is 6.27. The second-order valence-corrected chi connectivity index (χ2v) is 11.9. The maximum absolute atomic E-state index is 14.1. The standard InChI is InChI=1S/C33H37N9O3/c1-33(2,40-17-14-36-15-18-40)19-23(20-34)31(43)39-16-6-7-25(21-39)42-30-28(29(35)37-22-38-30)41(32(42)44)24-10-12-27(13-11-24)45-26-8-4-3-5-9-26/h3-5,8-13,19,22,25,36H,6-7,14-18,21H2,1-2H3,(H2,35,37,38)/t25-/m0/s1. The number of piperidine rings is 1. The monoisotopic (exact) mass is 607 g/mol. The number of carbonyl (C=O) groups is 1. The summed E-state index contributed by atoms with van der Waals surface area (Å²) in [4.78, 5) is 40.4. The molecule has 2 saturated heterocycles. The summed E-state index contributed by atoms with van der Waals surface area (Å²) < 4.78 is 9.05. The van der Waals surface area contributed by atoms with Crippen molar-refractivity contribution in [2.75, 3.05) is 45.0 Å². The number of likely N-dealkylation sites (tertiary alicyclic amines) is 1. The summed E-state index contributed by atoms with van der Waals surface area (Å²) in [5.41, 5.74) is 7.03. The minimum absolute atomic E-state index is 0.110. The highest BCUT2D eigenvalue weighted by Crippen LogP contribution is 2.29. The maximum atomic E-state index is 14.1. The number of ether oxygens (including phenoxy) is 1. The smallest absolute Gasteiger partial charge is 0.335 e. The fourth-order valence-electron chi connectivity index (χ4n) is 6.27. The van der Waals surface area contributed by atoms with Gasteiger partial charge in [0.1, 0.15) is 35.0 Å². The van der Waals surface area contributed by atoms with Crippen LogP contribution in [0.5, 0.6) is 11.5 Å². The van der Waals surface area contributed by atoms with E-state index in [2.05, 4.69) is 26.3 Å². The molecule has 2 aliphatic rings. The van der Waals surface area contributed by atoms with Crippen LogP contribution in [0.15, 0.2) is 77.4 Å². The molecule has 2 aliphatic heterocycles. The van der Waals surface area contributed by atoms with Crippen LogP contribution in [0.25, 0.3) is 16.9 Å². The van der Waals surface area contributed by atoms with Crippen molar-refractivity contribution < 1.29 is 9.53 Å². The zero-order chi connectivity index (χ0) is 31.6. The van der Waals surface area contributed by atoms with Gasteiger partial charge in [-0.05, 0) is 69.2 Å². The molecule has 0 spiro atoms. The molecule has 0 radical (unpaired) electrons. The number of rotatable bonds is 7. The molecule has 0 saturated carbocycles. The highest BCUT2D eigenvalue weighted by Gasteiger charge is 2.33.